The van der Waals surface area contributed by atoms with E-state index < -0.39 is 5.82 Å². The molecule has 6 heteroatoms. The SMILES string of the molecule is CNC(C)c1ccc(Oc2cc(F)c(Cl)cc2Br)cc1Br. The standard InChI is InChI=1S/C15H13Br2ClFNO/c1-8(20-2)10-4-3-9(5-11(10)16)21-15-7-14(19)13(18)6-12(15)17/h3-8,20H,1-2H3. The van der Waals surface area contributed by atoms with E-state index in [-0.39, 0.29) is 11.1 Å². The first-order valence-electron chi connectivity index (χ1n) is 6.21. The molecule has 1 unspecified atom stereocenters. The summed E-state index contributed by atoms with van der Waals surface area (Å²) in [5.74, 6) is 0.462. The summed E-state index contributed by atoms with van der Waals surface area (Å²) in [5, 5.41) is 3.22. The third-order valence-electron chi connectivity index (χ3n) is 3.07. The predicted octanol–water partition coefficient (Wildman–Crippen LogP) is 6.08. The molecule has 21 heavy (non-hydrogen) atoms. The first-order chi connectivity index (χ1) is 9.92. The van der Waals surface area contributed by atoms with Crippen LogP contribution in [0.4, 0.5) is 4.39 Å². The van der Waals surface area contributed by atoms with E-state index in [2.05, 4.69) is 44.1 Å². The highest BCUT2D eigenvalue weighted by molar-refractivity contribution is 9.10. The second-order valence-electron chi connectivity index (χ2n) is 4.49. The number of halogens is 4. The number of ether oxygens (including phenoxy) is 1. The first kappa shape index (κ1) is 16.7. The quantitative estimate of drug-likeness (QED) is 0.586. The molecule has 1 atom stereocenters. The van der Waals surface area contributed by atoms with E-state index in [9.17, 15) is 4.39 Å². The highest BCUT2D eigenvalue weighted by atomic mass is 79.9. The van der Waals surface area contributed by atoms with Crippen molar-refractivity contribution in [1.82, 2.24) is 5.32 Å². The first-order valence-corrected chi connectivity index (χ1v) is 8.18. The van der Waals surface area contributed by atoms with Gasteiger partial charge >= 0.3 is 0 Å². The Hall–Kier alpha value is -0.620. The van der Waals surface area contributed by atoms with Crippen molar-refractivity contribution < 1.29 is 9.13 Å². The second kappa shape index (κ2) is 7.09. The lowest BCUT2D eigenvalue weighted by Crippen LogP contribution is -2.12. The van der Waals surface area contributed by atoms with Crippen molar-refractivity contribution in [2.24, 2.45) is 0 Å². The largest absolute Gasteiger partial charge is 0.456 e. The number of hydrogen-bond donors (Lipinski definition) is 1. The predicted molar refractivity (Wildman–Crippen MR) is 90.8 cm³/mol. The van der Waals surface area contributed by atoms with E-state index in [1.165, 1.54) is 12.1 Å². The van der Waals surface area contributed by atoms with Gasteiger partial charge in [-0.25, -0.2) is 4.39 Å². The lowest BCUT2D eigenvalue weighted by Gasteiger charge is -2.15. The van der Waals surface area contributed by atoms with Crippen molar-refractivity contribution >= 4 is 43.5 Å². The zero-order valence-electron chi connectivity index (χ0n) is 11.4. The lowest BCUT2D eigenvalue weighted by molar-refractivity contribution is 0.472. The van der Waals surface area contributed by atoms with Gasteiger partial charge in [-0.3, -0.25) is 0 Å². The fourth-order valence-electron chi connectivity index (χ4n) is 1.79. The van der Waals surface area contributed by atoms with Gasteiger partial charge in [-0.15, -0.1) is 0 Å². The maximum atomic E-state index is 13.5. The molecule has 2 nitrogen and oxygen atoms in total. The van der Waals surface area contributed by atoms with Crippen molar-refractivity contribution in [3.8, 4) is 11.5 Å². The van der Waals surface area contributed by atoms with Gasteiger partial charge < -0.3 is 10.1 Å². The van der Waals surface area contributed by atoms with Crippen molar-refractivity contribution in [2.75, 3.05) is 7.05 Å². The Kier molecular flexibility index (Phi) is 5.66. The van der Waals surface area contributed by atoms with Crippen LogP contribution in [-0.2, 0) is 0 Å². The summed E-state index contributed by atoms with van der Waals surface area (Å²) < 4.78 is 20.7. The monoisotopic (exact) mass is 435 g/mol. The molecule has 0 aliphatic heterocycles. The van der Waals surface area contributed by atoms with Gasteiger partial charge in [0.15, 0.2) is 0 Å². The molecule has 2 rings (SSSR count). The summed E-state index contributed by atoms with van der Waals surface area (Å²) in [6.07, 6.45) is 0. The summed E-state index contributed by atoms with van der Waals surface area (Å²) in [5.41, 5.74) is 1.12. The molecule has 0 amide bonds. The summed E-state index contributed by atoms with van der Waals surface area (Å²) >= 11 is 12.5. The van der Waals surface area contributed by atoms with Crippen molar-refractivity contribution in [3.63, 3.8) is 0 Å². The van der Waals surface area contributed by atoms with Crippen LogP contribution in [0.2, 0.25) is 5.02 Å². The van der Waals surface area contributed by atoms with Crippen LogP contribution in [0.1, 0.15) is 18.5 Å². The Balaban J connectivity index is 2.29. The van der Waals surface area contributed by atoms with Gasteiger partial charge in [0.2, 0.25) is 0 Å². The number of nitrogens with one attached hydrogen (secondary N) is 1. The summed E-state index contributed by atoms with van der Waals surface area (Å²) in [7, 11) is 1.90. The minimum atomic E-state index is -0.519. The number of rotatable bonds is 4. The minimum absolute atomic E-state index is 0.0496. The van der Waals surface area contributed by atoms with E-state index in [0.717, 1.165) is 10.0 Å². The van der Waals surface area contributed by atoms with Crippen LogP contribution in [0.3, 0.4) is 0 Å². The maximum Gasteiger partial charge on any atom is 0.145 e. The van der Waals surface area contributed by atoms with E-state index in [0.29, 0.717) is 16.0 Å². The number of benzene rings is 2. The van der Waals surface area contributed by atoms with Crippen molar-refractivity contribution in [1.29, 1.82) is 0 Å². The van der Waals surface area contributed by atoms with Crippen LogP contribution in [0.15, 0.2) is 39.3 Å². The molecule has 0 bridgehead atoms. The van der Waals surface area contributed by atoms with E-state index in [1.807, 2.05) is 25.2 Å². The average Bonchev–Trinajstić information content (AvgIpc) is 2.44. The van der Waals surface area contributed by atoms with Crippen LogP contribution in [-0.4, -0.2) is 7.05 Å². The fourth-order valence-corrected chi connectivity index (χ4v) is 3.21. The molecule has 0 spiro atoms. The highest BCUT2D eigenvalue weighted by Crippen LogP contribution is 2.35. The normalized spacial score (nSPS) is 12.3. The lowest BCUT2D eigenvalue weighted by atomic mass is 10.1. The molecule has 2 aromatic rings. The van der Waals surface area contributed by atoms with Crippen LogP contribution in [0, 0.1) is 5.82 Å². The molecule has 0 aliphatic carbocycles. The third kappa shape index (κ3) is 3.97. The van der Waals surface area contributed by atoms with Gasteiger partial charge in [-0.05, 0) is 53.7 Å². The number of hydrogen-bond acceptors (Lipinski definition) is 2. The van der Waals surface area contributed by atoms with Crippen LogP contribution >= 0.6 is 43.5 Å². The Morgan fingerprint density at radius 3 is 2.52 bits per heavy atom. The van der Waals surface area contributed by atoms with Crippen molar-refractivity contribution in [3.05, 3.63) is 55.7 Å². The van der Waals surface area contributed by atoms with Crippen LogP contribution in [0.25, 0.3) is 0 Å². The molecule has 0 radical (unpaired) electrons. The average molecular weight is 438 g/mol. The Morgan fingerprint density at radius 2 is 1.90 bits per heavy atom. The van der Waals surface area contributed by atoms with Gasteiger partial charge in [-0.2, -0.15) is 0 Å². The summed E-state index contributed by atoms with van der Waals surface area (Å²) in [4.78, 5) is 0. The van der Waals surface area contributed by atoms with Gasteiger partial charge in [0, 0.05) is 16.6 Å². The molecule has 0 heterocycles. The molecule has 0 aromatic heterocycles. The molecular formula is C15H13Br2ClFNO. The molecule has 0 saturated carbocycles. The van der Waals surface area contributed by atoms with Crippen LogP contribution < -0.4 is 10.1 Å². The zero-order chi connectivity index (χ0) is 15.6. The maximum absolute atomic E-state index is 13.5. The topological polar surface area (TPSA) is 21.3 Å². The van der Waals surface area contributed by atoms with Crippen LogP contribution in [0.5, 0.6) is 11.5 Å². The molecule has 0 fully saturated rings. The van der Waals surface area contributed by atoms with Gasteiger partial charge in [0.05, 0.1) is 9.50 Å². The molecule has 0 aliphatic rings. The molecular weight excluding hydrogens is 424 g/mol. The third-order valence-corrected chi connectivity index (χ3v) is 4.67. The molecule has 112 valence electrons. The Bertz CT molecular complexity index is 666. The zero-order valence-corrected chi connectivity index (χ0v) is 15.3. The summed E-state index contributed by atoms with van der Waals surface area (Å²) in [6.45, 7) is 2.06. The summed E-state index contributed by atoms with van der Waals surface area (Å²) in [6, 6.07) is 8.59. The van der Waals surface area contributed by atoms with E-state index in [1.54, 1.807) is 0 Å². The van der Waals surface area contributed by atoms with Gasteiger partial charge in [0.25, 0.3) is 0 Å². The van der Waals surface area contributed by atoms with E-state index in [4.69, 9.17) is 16.3 Å². The Labute approximate surface area is 144 Å². The fraction of sp³-hybridized carbons (Fsp3) is 0.200. The highest BCUT2D eigenvalue weighted by Gasteiger charge is 2.11. The van der Waals surface area contributed by atoms with Crippen molar-refractivity contribution in [2.45, 2.75) is 13.0 Å². The molecule has 0 saturated heterocycles. The smallest absolute Gasteiger partial charge is 0.145 e. The second-order valence-corrected chi connectivity index (χ2v) is 6.61. The molecule has 2 aromatic carbocycles. The minimum Gasteiger partial charge on any atom is -0.456 e. The van der Waals surface area contributed by atoms with Gasteiger partial charge in [-0.1, -0.05) is 33.6 Å². The molecule has 1 N–H and O–H groups in total. The Morgan fingerprint density at radius 1 is 1.19 bits per heavy atom. The van der Waals surface area contributed by atoms with E-state index >= 15 is 0 Å². The van der Waals surface area contributed by atoms with Gasteiger partial charge in [0.1, 0.15) is 17.3 Å².